The van der Waals surface area contributed by atoms with E-state index >= 15 is 0 Å². The van der Waals surface area contributed by atoms with Gasteiger partial charge in [-0.05, 0) is 65.8 Å². The number of aryl methyl sites for hydroxylation is 1. The van der Waals surface area contributed by atoms with Crippen molar-refractivity contribution in [3.05, 3.63) is 94.4 Å². The van der Waals surface area contributed by atoms with Crippen molar-refractivity contribution in [3.8, 4) is 0 Å². The first-order chi connectivity index (χ1) is 16.1. The van der Waals surface area contributed by atoms with Crippen molar-refractivity contribution < 1.29 is 13.2 Å². The number of benzene rings is 3. The van der Waals surface area contributed by atoms with E-state index in [1.54, 1.807) is 6.07 Å². The molecule has 0 aliphatic rings. The molecule has 5 nitrogen and oxygen atoms in total. The van der Waals surface area contributed by atoms with E-state index in [0.29, 0.717) is 16.5 Å². The molecular weight excluding hydrogens is 464 g/mol. The molecule has 0 bridgehead atoms. The standard InChI is InChI=1S/C27H28N2O3S2/c1-18(2)21-9-11-23(12-10-21)28-27(30)26-16-22-15-24(13-14-25(22)33-26)29(34(4,31)32)17-20-7-5-19(3)6-8-20/h5-16,18H,17H2,1-4H3,(H,28,30). The second-order valence-electron chi connectivity index (χ2n) is 8.82. The molecule has 0 atom stereocenters. The average Bonchev–Trinajstić information content (AvgIpc) is 3.22. The van der Waals surface area contributed by atoms with Crippen LogP contribution in [0, 0.1) is 6.92 Å². The Morgan fingerprint density at radius 2 is 1.65 bits per heavy atom. The van der Waals surface area contributed by atoms with Crippen LogP contribution in [0.15, 0.2) is 72.8 Å². The number of amides is 1. The Labute approximate surface area is 205 Å². The van der Waals surface area contributed by atoms with Gasteiger partial charge >= 0.3 is 0 Å². The topological polar surface area (TPSA) is 66.5 Å². The Balaban J connectivity index is 1.58. The van der Waals surface area contributed by atoms with Gasteiger partial charge in [0, 0.05) is 10.4 Å². The highest BCUT2D eigenvalue weighted by atomic mass is 32.2. The van der Waals surface area contributed by atoms with Gasteiger partial charge in [-0.15, -0.1) is 11.3 Å². The highest BCUT2D eigenvalue weighted by molar-refractivity contribution is 7.92. The third-order valence-electron chi connectivity index (χ3n) is 5.69. The quantitative estimate of drug-likeness (QED) is 0.318. The molecule has 34 heavy (non-hydrogen) atoms. The number of hydrogen-bond acceptors (Lipinski definition) is 4. The Hall–Kier alpha value is -3.16. The molecule has 0 radical (unpaired) electrons. The third-order valence-corrected chi connectivity index (χ3v) is 7.95. The first-order valence-corrected chi connectivity index (χ1v) is 13.7. The van der Waals surface area contributed by atoms with Crippen molar-refractivity contribution in [2.75, 3.05) is 15.9 Å². The number of thiophene rings is 1. The summed E-state index contributed by atoms with van der Waals surface area (Å²) < 4.78 is 27.5. The maximum absolute atomic E-state index is 12.8. The molecule has 7 heteroatoms. The maximum Gasteiger partial charge on any atom is 0.265 e. The van der Waals surface area contributed by atoms with Gasteiger partial charge in [-0.1, -0.05) is 55.8 Å². The summed E-state index contributed by atoms with van der Waals surface area (Å²) in [6.45, 7) is 6.50. The normalized spacial score (nSPS) is 11.7. The second kappa shape index (κ2) is 9.60. The van der Waals surface area contributed by atoms with Crippen molar-refractivity contribution in [3.63, 3.8) is 0 Å². The molecule has 3 aromatic carbocycles. The summed E-state index contributed by atoms with van der Waals surface area (Å²) in [6.07, 6.45) is 1.21. The molecular formula is C27H28N2O3S2. The van der Waals surface area contributed by atoms with Crippen LogP contribution in [0.3, 0.4) is 0 Å². The van der Waals surface area contributed by atoms with Gasteiger partial charge in [0.1, 0.15) is 0 Å². The number of nitrogens with zero attached hydrogens (tertiary/aromatic N) is 1. The van der Waals surface area contributed by atoms with Crippen LogP contribution in [-0.4, -0.2) is 20.6 Å². The molecule has 0 saturated heterocycles. The van der Waals surface area contributed by atoms with Gasteiger partial charge in [0.25, 0.3) is 5.91 Å². The molecule has 0 saturated carbocycles. The second-order valence-corrected chi connectivity index (χ2v) is 11.8. The van der Waals surface area contributed by atoms with Crippen molar-refractivity contribution in [1.29, 1.82) is 0 Å². The Bertz CT molecular complexity index is 1420. The van der Waals surface area contributed by atoms with Crippen molar-refractivity contribution in [1.82, 2.24) is 0 Å². The number of hydrogen-bond donors (Lipinski definition) is 1. The minimum absolute atomic E-state index is 0.181. The number of fused-ring (bicyclic) bond motifs is 1. The van der Waals surface area contributed by atoms with E-state index in [1.165, 1.54) is 27.5 Å². The van der Waals surface area contributed by atoms with Gasteiger partial charge in [0.15, 0.2) is 0 Å². The number of rotatable bonds is 7. The molecule has 176 valence electrons. The summed E-state index contributed by atoms with van der Waals surface area (Å²) in [5, 5.41) is 3.78. The summed E-state index contributed by atoms with van der Waals surface area (Å²) in [7, 11) is -3.50. The first kappa shape index (κ1) is 24.0. The summed E-state index contributed by atoms with van der Waals surface area (Å²) in [6, 6.07) is 23.0. The molecule has 4 rings (SSSR count). The molecule has 4 aromatic rings. The molecule has 1 N–H and O–H groups in total. The van der Waals surface area contributed by atoms with Crippen LogP contribution in [0.25, 0.3) is 10.1 Å². The summed E-state index contributed by atoms with van der Waals surface area (Å²) >= 11 is 1.39. The number of sulfonamides is 1. The van der Waals surface area contributed by atoms with Gasteiger partial charge in [0.2, 0.25) is 10.0 Å². The minimum Gasteiger partial charge on any atom is -0.321 e. The molecule has 0 unspecified atom stereocenters. The van der Waals surface area contributed by atoms with Gasteiger partial charge in [-0.25, -0.2) is 8.42 Å². The highest BCUT2D eigenvalue weighted by Crippen LogP contribution is 2.31. The number of nitrogens with one attached hydrogen (secondary N) is 1. The smallest absolute Gasteiger partial charge is 0.265 e. The Morgan fingerprint density at radius 1 is 0.971 bits per heavy atom. The number of carbonyl (C=O) groups is 1. The number of carbonyl (C=O) groups excluding carboxylic acids is 1. The van der Waals surface area contributed by atoms with Gasteiger partial charge in [-0.3, -0.25) is 9.10 Å². The van der Waals surface area contributed by atoms with Crippen molar-refractivity contribution in [2.24, 2.45) is 0 Å². The molecule has 0 spiro atoms. The average molecular weight is 493 g/mol. The van der Waals surface area contributed by atoms with E-state index in [1.807, 2.05) is 73.7 Å². The SMILES string of the molecule is Cc1ccc(CN(c2ccc3sc(C(=O)Nc4ccc(C(C)C)cc4)cc3c2)S(C)(=O)=O)cc1. The van der Waals surface area contributed by atoms with E-state index < -0.39 is 10.0 Å². The predicted molar refractivity (Wildman–Crippen MR) is 143 cm³/mol. The Morgan fingerprint density at radius 3 is 2.26 bits per heavy atom. The van der Waals surface area contributed by atoms with E-state index in [2.05, 4.69) is 19.2 Å². The van der Waals surface area contributed by atoms with Gasteiger partial charge < -0.3 is 5.32 Å². The van der Waals surface area contributed by atoms with Crippen LogP contribution in [-0.2, 0) is 16.6 Å². The third kappa shape index (κ3) is 5.48. The lowest BCUT2D eigenvalue weighted by molar-refractivity contribution is 0.103. The van der Waals surface area contributed by atoms with Crippen LogP contribution >= 0.6 is 11.3 Å². The van der Waals surface area contributed by atoms with Crippen LogP contribution in [0.2, 0.25) is 0 Å². The summed E-state index contributed by atoms with van der Waals surface area (Å²) in [5.41, 5.74) is 4.56. The van der Waals surface area contributed by atoms with Crippen molar-refractivity contribution in [2.45, 2.75) is 33.2 Å². The lowest BCUT2D eigenvalue weighted by atomic mass is 10.0. The van der Waals surface area contributed by atoms with Crippen molar-refractivity contribution >= 4 is 48.7 Å². The van der Waals surface area contributed by atoms with E-state index in [-0.39, 0.29) is 12.5 Å². The maximum atomic E-state index is 12.8. The fourth-order valence-electron chi connectivity index (χ4n) is 3.70. The zero-order valence-corrected chi connectivity index (χ0v) is 21.3. The molecule has 1 heterocycles. The molecule has 1 aromatic heterocycles. The molecule has 1 amide bonds. The van der Waals surface area contributed by atoms with Gasteiger partial charge in [-0.2, -0.15) is 0 Å². The molecule has 0 fully saturated rings. The first-order valence-electron chi connectivity index (χ1n) is 11.1. The lowest BCUT2D eigenvalue weighted by Crippen LogP contribution is -2.29. The predicted octanol–water partition coefficient (Wildman–Crippen LogP) is 6.55. The summed E-state index contributed by atoms with van der Waals surface area (Å²) in [5.74, 6) is 0.249. The van der Waals surface area contributed by atoms with Crippen LogP contribution in [0.1, 0.15) is 46.1 Å². The fourth-order valence-corrected chi connectivity index (χ4v) is 5.52. The zero-order valence-electron chi connectivity index (χ0n) is 19.7. The minimum atomic E-state index is -3.50. The number of anilines is 2. The van der Waals surface area contributed by atoms with Crippen LogP contribution < -0.4 is 9.62 Å². The fraction of sp³-hybridized carbons (Fsp3) is 0.222. The van der Waals surface area contributed by atoms with E-state index in [0.717, 1.165) is 26.9 Å². The van der Waals surface area contributed by atoms with Gasteiger partial charge in [0.05, 0.1) is 23.4 Å². The molecule has 0 aliphatic heterocycles. The molecule has 0 aliphatic carbocycles. The van der Waals surface area contributed by atoms with Crippen LogP contribution in [0.4, 0.5) is 11.4 Å². The zero-order chi connectivity index (χ0) is 24.5. The van der Waals surface area contributed by atoms with Crippen LogP contribution in [0.5, 0.6) is 0 Å². The summed E-state index contributed by atoms with van der Waals surface area (Å²) in [4.78, 5) is 13.4. The Kier molecular flexibility index (Phi) is 6.77. The monoisotopic (exact) mass is 492 g/mol. The highest BCUT2D eigenvalue weighted by Gasteiger charge is 2.19. The van der Waals surface area contributed by atoms with E-state index in [9.17, 15) is 13.2 Å². The largest absolute Gasteiger partial charge is 0.321 e. The van der Waals surface area contributed by atoms with E-state index in [4.69, 9.17) is 0 Å². The lowest BCUT2D eigenvalue weighted by Gasteiger charge is -2.22.